The molecule has 0 aliphatic heterocycles. The summed E-state index contributed by atoms with van der Waals surface area (Å²) >= 11 is 0. The summed E-state index contributed by atoms with van der Waals surface area (Å²) in [7, 11) is 3.57. The number of benzene rings is 1. The van der Waals surface area contributed by atoms with Gasteiger partial charge in [-0.3, -0.25) is 9.69 Å². The fourth-order valence-corrected chi connectivity index (χ4v) is 2.08. The molecule has 1 aromatic carbocycles. The van der Waals surface area contributed by atoms with E-state index >= 15 is 0 Å². The molecule has 118 valence electrons. The van der Waals surface area contributed by atoms with E-state index in [1.165, 1.54) is 0 Å². The van der Waals surface area contributed by atoms with E-state index in [0.29, 0.717) is 32.1 Å². The van der Waals surface area contributed by atoms with Crippen molar-refractivity contribution in [1.29, 1.82) is 0 Å². The number of ether oxygens (including phenoxy) is 1. The van der Waals surface area contributed by atoms with Gasteiger partial charge in [0.05, 0.1) is 13.7 Å². The molecule has 0 radical (unpaired) electrons. The summed E-state index contributed by atoms with van der Waals surface area (Å²) in [5, 5.41) is 2.92. The number of methoxy groups -OCH3 is 1. The third-order valence-electron chi connectivity index (χ3n) is 3.14. The molecule has 1 amide bonds. The number of hydrogen-bond acceptors (Lipinski definition) is 4. The first-order valence-corrected chi connectivity index (χ1v) is 7.27. The Balaban J connectivity index is 2.54. The molecule has 0 heterocycles. The zero-order valence-corrected chi connectivity index (χ0v) is 13.5. The SMILES string of the molecule is COc1ccc(CN(C)CC(=O)NCC(C)C)cc1CN. The van der Waals surface area contributed by atoms with E-state index < -0.39 is 0 Å². The van der Waals surface area contributed by atoms with Crippen molar-refractivity contribution in [2.45, 2.75) is 26.9 Å². The van der Waals surface area contributed by atoms with Crippen LogP contribution < -0.4 is 15.8 Å². The maximum absolute atomic E-state index is 11.8. The molecule has 1 aromatic rings. The van der Waals surface area contributed by atoms with Gasteiger partial charge in [0.15, 0.2) is 0 Å². The molecular weight excluding hydrogens is 266 g/mol. The lowest BCUT2D eigenvalue weighted by molar-refractivity contribution is -0.122. The van der Waals surface area contributed by atoms with Gasteiger partial charge in [-0.05, 0) is 30.7 Å². The number of likely N-dealkylation sites (N-methyl/N-ethyl adjacent to an activating group) is 1. The molecule has 0 saturated carbocycles. The van der Waals surface area contributed by atoms with Crippen LogP contribution in [0.3, 0.4) is 0 Å². The predicted octanol–water partition coefficient (Wildman–Crippen LogP) is 1.36. The van der Waals surface area contributed by atoms with Gasteiger partial charge >= 0.3 is 0 Å². The Morgan fingerprint density at radius 2 is 2.14 bits per heavy atom. The summed E-state index contributed by atoms with van der Waals surface area (Å²) in [6.45, 7) is 6.40. The Bertz CT molecular complexity index is 461. The van der Waals surface area contributed by atoms with Crippen molar-refractivity contribution in [3.63, 3.8) is 0 Å². The molecule has 0 saturated heterocycles. The van der Waals surface area contributed by atoms with E-state index in [4.69, 9.17) is 10.5 Å². The molecule has 5 nitrogen and oxygen atoms in total. The molecule has 0 aromatic heterocycles. The molecule has 3 N–H and O–H groups in total. The molecule has 0 unspecified atom stereocenters. The second-order valence-electron chi connectivity index (χ2n) is 5.72. The Hall–Kier alpha value is -1.59. The zero-order valence-electron chi connectivity index (χ0n) is 13.5. The first-order chi connectivity index (χ1) is 9.96. The molecule has 0 spiro atoms. The number of nitrogens with two attached hydrogens (primary N) is 1. The summed E-state index contributed by atoms with van der Waals surface area (Å²) < 4.78 is 5.26. The van der Waals surface area contributed by atoms with E-state index in [1.54, 1.807) is 7.11 Å². The number of hydrogen-bond donors (Lipinski definition) is 2. The second-order valence-corrected chi connectivity index (χ2v) is 5.72. The summed E-state index contributed by atoms with van der Waals surface area (Å²) in [4.78, 5) is 13.8. The fraction of sp³-hybridized carbons (Fsp3) is 0.562. The normalized spacial score (nSPS) is 11.0. The molecule has 5 heteroatoms. The van der Waals surface area contributed by atoms with Crippen LogP contribution in [-0.2, 0) is 17.9 Å². The van der Waals surface area contributed by atoms with Crippen LogP contribution in [0.5, 0.6) is 5.75 Å². The van der Waals surface area contributed by atoms with Crippen LogP contribution in [-0.4, -0.2) is 38.1 Å². The van der Waals surface area contributed by atoms with Crippen LogP contribution in [0.4, 0.5) is 0 Å². The Kier molecular flexibility index (Phi) is 7.19. The largest absolute Gasteiger partial charge is 0.496 e. The van der Waals surface area contributed by atoms with Gasteiger partial charge < -0.3 is 15.8 Å². The molecule has 21 heavy (non-hydrogen) atoms. The van der Waals surface area contributed by atoms with Crippen LogP contribution in [0, 0.1) is 5.92 Å². The van der Waals surface area contributed by atoms with Crippen molar-refractivity contribution in [1.82, 2.24) is 10.2 Å². The van der Waals surface area contributed by atoms with Crippen LogP contribution in [0.15, 0.2) is 18.2 Å². The topological polar surface area (TPSA) is 67.6 Å². The number of rotatable bonds is 8. The number of carbonyl (C=O) groups is 1. The monoisotopic (exact) mass is 293 g/mol. The lowest BCUT2D eigenvalue weighted by Crippen LogP contribution is -2.36. The van der Waals surface area contributed by atoms with Gasteiger partial charge in [-0.15, -0.1) is 0 Å². The van der Waals surface area contributed by atoms with E-state index in [-0.39, 0.29) is 5.91 Å². The van der Waals surface area contributed by atoms with Gasteiger partial charge in [0.25, 0.3) is 0 Å². The molecule has 0 atom stereocenters. The second kappa shape index (κ2) is 8.64. The minimum absolute atomic E-state index is 0.0544. The van der Waals surface area contributed by atoms with Crippen molar-refractivity contribution in [3.05, 3.63) is 29.3 Å². The fourth-order valence-electron chi connectivity index (χ4n) is 2.08. The first-order valence-electron chi connectivity index (χ1n) is 7.27. The van der Waals surface area contributed by atoms with Crippen molar-refractivity contribution >= 4 is 5.91 Å². The van der Waals surface area contributed by atoms with Gasteiger partial charge in [-0.1, -0.05) is 19.9 Å². The van der Waals surface area contributed by atoms with Gasteiger partial charge in [0.2, 0.25) is 5.91 Å². The number of nitrogens with one attached hydrogen (secondary N) is 1. The lowest BCUT2D eigenvalue weighted by Gasteiger charge is -2.18. The van der Waals surface area contributed by atoms with Crippen molar-refractivity contribution in [2.24, 2.45) is 11.7 Å². The van der Waals surface area contributed by atoms with Gasteiger partial charge in [-0.2, -0.15) is 0 Å². The smallest absolute Gasteiger partial charge is 0.234 e. The average molecular weight is 293 g/mol. The maximum Gasteiger partial charge on any atom is 0.234 e. The highest BCUT2D eigenvalue weighted by molar-refractivity contribution is 5.77. The standard InChI is InChI=1S/C16H27N3O2/c1-12(2)9-18-16(20)11-19(3)10-13-5-6-15(21-4)14(7-13)8-17/h5-7,12H,8-11,17H2,1-4H3,(H,18,20). The molecule has 0 bridgehead atoms. The third-order valence-corrected chi connectivity index (χ3v) is 3.14. The zero-order chi connectivity index (χ0) is 15.8. The van der Waals surface area contributed by atoms with Gasteiger partial charge in [-0.25, -0.2) is 0 Å². The molecule has 1 rings (SSSR count). The molecule has 0 fully saturated rings. The quantitative estimate of drug-likeness (QED) is 0.759. The number of amides is 1. The van der Waals surface area contributed by atoms with Gasteiger partial charge in [0.1, 0.15) is 5.75 Å². The van der Waals surface area contributed by atoms with E-state index in [2.05, 4.69) is 19.2 Å². The molecule has 0 aliphatic carbocycles. The minimum atomic E-state index is 0.0544. The van der Waals surface area contributed by atoms with Crippen LogP contribution in [0.1, 0.15) is 25.0 Å². The highest BCUT2D eigenvalue weighted by Gasteiger charge is 2.09. The summed E-state index contributed by atoms with van der Waals surface area (Å²) in [6.07, 6.45) is 0. The third kappa shape index (κ3) is 6.14. The lowest BCUT2D eigenvalue weighted by atomic mass is 10.1. The van der Waals surface area contributed by atoms with E-state index in [0.717, 1.165) is 16.9 Å². The molecule has 0 aliphatic rings. The predicted molar refractivity (Wildman–Crippen MR) is 85.1 cm³/mol. The maximum atomic E-state index is 11.8. The van der Waals surface area contributed by atoms with Crippen LogP contribution in [0.2, 0.25) is 0 Å². The van der Waals surface area contributed by atoms with Crippen molar-refractivity contribution in [2.75, 3.05) is 27.2 Å². The summed E-state index contributed by atoms with van der Waals surface area (Å²) in [6, 6.07) is 5.95. The first kappa shape index (κ1) is 17.5. The van der Waals surface area contributed by atoms with E-state index in [1.807, 2.05) is 30.1 Å². The molecular formula is C16H27N3O2. The van der Waals surface area contributed by atoms with Crippen LogP contribution >= 0.6 is 0 Å². The number of nitrogens with zero attached hydrogens (tertiary/aromatic N) is 1. The average Bonchev–Trinajstić information content (AvgIpc) is 2.44. The Labute approximate surface area is 127 Å². The number of carbonyl (C=O) groups excluding carboxylic acids is 1. The highest BCUT2D eigenvalue weighted by atomic mass is 16.5. The Morgan fingerprint density at radius 1 is 1.43 bits per heavy atom. The minimum Gasteiger partial charge on any atom is -0.496 e. The van der Waals surface area contributed by atoms with E-state index in [9.17, 15) is 4.79 Å². The van der Waals surface area contributed by atoms with Crippen molar-refractivity contribution < 1.29 is 9.53 Å². The van der Waals surface area contributed by atoms with Gasteiger partial charge in [0, 0.05) is 25.2 Å². The Morgan fingerprint density at radius 3 is 2.71 bits per heavy atom. The summed E-state index contributed by atoms with van der Waals surface area (Å²) in [5.74, 6) is 1.32. The van der Waals surface area contributed by atoms with Crippen molar-refractivity contribution in [3.8, 4) is 5.75 Å². The highest BCUT2D eigenvalue weighted by Crippen LogP contribution is 2.19. The summed E-state index contributed by atoms with van der Waals surface area (Å²) in [5.41, 5.74) is 7.82. The van der Waals surface area contributed by atoms with Crippen LogP contribution in [0.25, 0.3) is 0 Å².